The number of carboxylic acid groups (broad SMARTS) is 1. The van der Waals surface area contributed by atoms with Gasteiger partial charge < -0.3 is 25.0 Å². The highest BCUT2D eigenvalue weighted by molar-refractivity contribution is 7.99. The standard InChI is InChI=1S/C32H24F5NO6S/c33-25-24(26(34)28(36)29(37)27(25)35)30(40)38-19-11-9-18(10-12-19)32-43-20(15-45-23-4-2-1-3-21(23)31(41)42)13-22(44-32)17-7-5-16(14-39)6-8-17/h1-12,20,22,32,39H,13-15H2,(H,38,40)(H,41,42)/t20-,22+,32+/m1/s1. The molecule has 13 heteroatoms. The van der Waals surface area contributed by atoms with Gasteiger partial charge >= 0.3 is 5.97 Å². The van der Waals surface area contributed by atoms with Crippen LogP contribution in [0.3, 0.4) is 0 Å². The number of anilines is 1. The first-order valence-corrected chi connectivity index (χ1v) is 14.4. The Morgan fingerprint density at radius 1 is 0.800 bits per heavy atom. The van der Waals surface area contributed by atoms with Gasteiger partial charge in [0.1, 0.15) is 5.56 Å². The van der Waals surface area contributed by atoms with Crippen molar-refractivity contribution in [1.29, 1.82) is 0 Å². The summed E-state index contributed by atoms with van der Waals surface area (Å²) >= 11 is 1.31. The molecule has 1 fully saturated rings. The van der Waals surface area contributed by atoms with Crippen LogP contribution in [0.1, 0.15) is 56.2 Å². The van der Waals surface area contributed by atoms with Crippen LogP contribution in [0.4, 0.5) is 27.6 Å². The van der Waals surface area contributed by atoms with Crippen LogP contribution in [0.5, 0.6) is 0 Å². The fraction of sp³-hybridized carbons (Fsp3) is 0.188. The molecule has 5 rings (SSSR count). The van der Waals surface area contributed by atoms with Gasteiger partial charge in [-0.2, -0.15) is 0 Å². The van der Waals surface area contributed by atoms with Crippen molar-refractivity contribution in [3.05, 3.63) is 130 Å². The Bertz CT molecular complexity index is 1690. The molecule has 4 aromatic rings. The lowest BCUT2D eigenvalue weighted by molar-refractivity contribution is -0.245. The van der Waals surface area contributed by atoms with Crippen LogP contribution >= 0.6 is 11.8 Å². The molecular weight excluding hydrogens is 621 g/mol. The Labute approximate surface area is 257 Å². The number of amides is 1. The minimum atomic E-state index is -2.37. The summed E-state index contributed by atoms with van der Waals surface area (Å²) in [6.45, 7) is -0.132. The van der Waals surface area contributed by atoms with Crippen molar-refractivity contribution in [3.63, 3.8) is 0 Å². The molecule has 3 atom stereocenters. The van der Waals surface area contributed by atoms with Gasteiger partial charge in [0.05, 0.1) is 24.4 Å². The maximum absolute atomic E-state index is 14.1. The number of aliphatic hydroxyl groups excluding tert-OH is 1. The Kier molecular flexibility index (Phi) is 9.83. The number of benzene rings is 4. The maximum atomic E-state index is 14.1. The molecule has 0 bridgehead atoms. The minimum Gasteiger partial charge on any atom is -0.478 e. The van der Waals surface area contributed by atoms with Crippen LogP contribution in [0.25, 0.3) is 0 Å². The molecule has 0 aromatic heterocycles. The van der Waals surface area contributed by atoms with E-state index in [1.165, 1.54) is 42.1 Å². The van der Waals surface area contributed by atoms with Gasteiger partial charge in [0, 0.05) is 28.3 Å². The number of hydrogen-bond donors (Lipinski definition) is 3. The van der Waals surface area contributed by atoms with Crippen molar-refractivity contribution in [2.24, 2.45) is 0 Å². The highest BCUT2D eigenvalue weighted by Gasteiger charge is 2.33. The molecule has 1 amide bonds. The summed E-state index contributed by atoms with van der Waals surface area (Å²) in [5, 5.41) is 21.1. The van der Waals surface area contributed by atoms with E-state index in [0.29, 0.717) is 28.2 Å². The zero-order valence-electron chi connectivity index (χ0n) is 23.1. The molecule has 1 heterocycles. The number of carboxylic acids is 1. The zero-order valence-corrected chi connectivity index (χ0v) is 23.9. The second kappa shape index (κ2) is 13.8. The van der Waals surface area contributed by atoms with Gasteiger partial charge in [0.25, 0.3) is 5.91 Å². The second-order valence-corrected chi connectivity index (χ2v) is 11.0. The maximum Gasteiger partial charge on any atom is 0.336 e. The molecule has 234 valence electrons. The van der Waals surface area contributed by atoms with E-state index in [2.05, 4.69) is 5.32 Å². The summed E-state index contributed by atoms with van der Waals surface area (Å²) in [6.07, 6.45) is -1.37. The van der Waals surface area contributed by atoms with Crippen molar-refractivity contribution < 1.29 is 51.2 Å². The number of aliphatic hydroxyl groups is 1. The molecule has 0 aliphatic carbocycles. The summed E-state index contributed by atoms with van der Waals surface area (Å²) in [5.74, 6) is -13.6. The monoisotopic (exact) mass is 645 g/mol. The quantitative estimate of drug-likeness (QED) is 0.0768. The summed E-state index contributed by atoms with van der Waals surface area (Å²) < 4.78 is 81.2. The molecule has 0 saturated carbocycles. The third kappa shape index (κ3) is 7.01. The lowest BCUT2D eigenvalue weighted by Gasteiger charge is -2.36. The summed E-state index contributed by atoms with van der Waals surface area (Å²) in [6, 6.07) is 19.4. The molecule has 1 aliphatic heterocycles. The van der Waals surface area contributed by atoms with Gasteiger partial charge in [0.2, 0.25) is 5.82 Å². The van der Waals surface area contributed by atoms with Crippen LogP contribution in [-0.4, -0.2) is 33.9 Å². The molecule has 1 aliphatic rings. The molecular formula is C32H24F5NO6S. The van der Waals surface area contributed by atoms with E-state index in [0.717, 1.165) is 5.56 Å². The molecule has 4 aromatic carbocycles. The molecule has 3 N–H and O–H groups in total. The van der Waals surface area contributed by atoms with Gasteiger partial charge in [-0.3, -0.25) is 4.79 Å². The number of rotatable bonds is 9. The number of aromatic carboxylic acids is 1. The molecule has 0 spiro atoms. The Morgan fingerprint density at radius 2 is 1.40 bits per heavy atom. The van der Waals surface area contributed by atoms with E-state index in [9.17, 15) is 41.8 Å². The molecule has 0 unspecified atom stereocenters. The number of hydrogen-bond acceptors (Lipinski definition) is 6. The average molecular weight is 646 g/mol. The van der Waals surface area contributed by atoms with Gasteiger partial charge in [-0.1, -0.05) is 48.5 Å². The third-order valence-corrected chi connectivity index (χ3v) is 8.24. The number of ether oxygens (including phenoxy) is 2. The minimum absolute atomic E-state index is 0.00275. The molecule has 45 heavy (non-hydrogen) atoms. The van der Waals surface area contributed by atoms with E-state index in [4.69, 9.17) is 9.47 Å². The van der Waals surface area contributed by atoms with E-state index in [1.807, 2.05) is 12.1 Å². The zero-order chi connectivity index (χ0) is 32.2. The van der Waals surface area contributed by atoms with Gasteiger partial charge in [-0.05, 0) is 35.4 Å². The van der Waals surface area contributed by atoms with Crippen molar-refractivity contribution >= 4 is 29.3 Å². The normalized spacial score (nSPS) is 18.0. The predicted octanol–water partition coefficient (Wildman–Crippen LogP) is 7.16. The highest BCUT2D eigenvalue weighted by atomic mass is 32.2. The van der Waals surface area contributed by atoms with Gasteiger partial charge in [0.15, 0.2) is 29.6 Å². The van der Waals surface area contributed by atoms with E-state index in [1.54, 1.807) is 30.3 Å². The fourth-order valence-electron chi connectivity index (χ4n) is 4.70. The van der Waals surface area contributed by atoms with Gasteiger partial charge in [-0.15, -0.1) is 11.8 Å². The van der Waals surface area contributed by atoms with Crippen molar-refractivity contribution in [1.82, 2.24) is 0 Å². The average Bonchev–Trinajstić information content (AvgIpc) is 3.06. The van der Waals surface area contributed by atoms with Crippen molar-refractivity contribution in [2.45, 2.75) is 36.4 Å². The predicted molar refractivity (Wildman–Crippen MR) is 153 cm³/mol. The largest absolute Gasteiger partial charge is 0.478 e. The van der Waals surface area contributed by atoms with Gasteiger partial charge in [-0.25, -0.2) is 26.7 Å². The molecule has 0 radical (unpaired) electrons. The van der Waals surface area contributed by atoms with E-state index in [-0.39, 0.29) is 17.9 Å². The Balaban J connectivity index is 1.35. The summed E-state index contributed by atoms with van der Waals surface area (Å²) in [5.41, 5.74) is 0.551. The smallest absolute Gasteiger partial charge is 0.336 e. The fourth-order valence-corrected chi connectivity index (χ4v) is 5.76. The van der Waals surface area contributed by atoms with Crippen LogP contribution in [0.2, 0.25) is 0 Å². The lowest BCUT2D eigenvalue weighted by atomic mass is 10.0. The second-order valence-electron chi connectivity index (χ2n) is 9.98. The van der Waals surface area contributed by atoms with Crippen LogP contribution in [-0.2, 0) is 16.1 Å². The number of halogens is 5. The third-order valence-electron chi connectivity index (χ3n) is 7.03. The first-order valence-electron chi connectivity index (χ1n) is 13.5. The highest BCUT2D eigenvalue weighted by Crippen LogP contribution is 2.40. The number of thioether (sulfide) groups is 1. The van der Waals surface area contributed by atoms with Crippen molar-refractivity contribution in [2.75, 3.05) is 11.1 Å². The SMILES string of the molecule is O=C(O)c1ccccc1SC[C@H]1C[C@@H](c2ccc(CO)cc2)O[C@@H](c2ccc(NC(=O)c3c(F)c(F)c(F)c(F)c3F)cc2)O1. The Hall–Kier alpha value is -4.30. The first kappa shape index (κ1) is 32.1. The van der Waals surface area contributed by atoms with Crippen LogP contribution < -0.4 is 5.32 Å². The summed E-state index contributed by atoms with van der Waals surface area (Å²) in [4.78, 5) is 24.7. The lowest BCUT2D eigenvalue weighted by Crippen LogP contribution is -2.31. The Morgan fingerprint density at radius 3 is 2.02 bits per heavy atom. The topological polar surface area (TPSA) is 105 Å². The number of carbonyl (C=O) groups is 2. The summed E-state index contributed by atoms with van der Waals surface area (Å²) in [7, 11) is 0. The number of nitrogens with one attached hydrogen (secondary N) is 1. The molecule has 1 saturated heterocycles. The van der Waals surface area contributed by atoms with Crippen LogP contribution in [0, 0.1) is 29.1 Å². The van der Waals surface area contributed by atoms with E-state index >= 15 is 0 Å². The van der Waals surface area contributed by atoms with Crippen LogP contribution in [0.15, 0.2) is 77.7 Å². The number of carbonyl (C=O) groups excluding carboxylic acids is 1. The molecule has 7 nitrogen and oxygen atoms in total. The van der Waals surface area contributed by atoms with Crippen molar-refractivity contribution in [3.8, 4) is 0 Å². The first-order chi connectivity index (χ1) is 21.6. The van der Waals surface area contributed by atoms with E-state index < -0.39 is 65.0 Å².